The van der Waals surface area contributed by atoms with Crippen LogP contribution in [0.1, 0.15) is 35.9 Å². The van der Waals surface area contributed by atoms with Gasteiger partial charge >= 0.3 is 5.97 Å². The number of tetrazole rings is 1. The highest BCUT2D eigenvalue weighted by Crippen LogP contribution is 2.25. The molecule has 1 heterocycles. The van der Waals surface area contributed by atoms with E-state index in [4.69, 9.17) is 9.47 Å². The highest BCUT2D eigenvalue weighted by atomic mass is 16.5. The summed E-state index contributed by atoms with van der Waals surface area (Å²) in [6.45, 7) is 2.80. The molecule has 0 amide bonds. The zero-order valence-corrected chi connectivity index (χ0v) is 14.5. The van der Waals surface area contributed by atoms with Crippen molar-refractivity contribution in [1.82, 2.24) is 20.2 Å². The summed E-state index contributed by atoms with van der Waals surface area (Å²) in [5.74, 6) is 1.13. The molecule has 2 aromatic carbocycles. The van der Waals surface area contributed by atoms with Crippen LogP contribution in [-0.4, -0.2) is 26.2 Å². The summed E-state index contributed by atoms with van der Waals surface area (Å²) in [6.07, 6.45) is 1.99. The number of para-hydroxylation sites is 2. The van der Waals surface area contributed by atoms with Gasteiger partial charge in [-0.15, -0.1) is 5.10 Å². The summed E-state index contributed by atoms with van der Waals surface area (Å²) in [6, 6.07) is 16.2. The number of unbranched alkanes of at least 4 members (excludes halogenated alkanes) is 1. The van der Waals surface area contributed by atoms with Gasteiger partial charge in [-0.05, 0) is 41.1 Å². The van der Waals surface area contributed by atoms with Gasteiger partial charge in [-0.2, -0.15) is 0 Å². The van der Waals surface area contributed by atoms with Crippen LogP contribution in [0.2, 0.25) is 0 Å². The summed E-state index contributed by atoms with van der Waals surface area (Å²) in [4.78, 5) is 12.5. The molecular formula is C19H20N4O3. The molecule has 134 valence electrons. The van der Waals surface area contributed by atoms with Gasteiger partial charge in [0.25, 0.3) is 0 Å². The Labute approximate surface area is 151 Å². The number of carbonyl (C=O) groups is 1. The molecule has 0 spiro atoms. The molecule has 0 radical (unpaired) electrons. The van der Waals surface area contributed by atoms with Crippen LogP contribution in [0, 0.1) is 0 Å². The second-order valence-corrected chi connectivity index (χ2v) is 5.66. The Morgan fingerprint density at radius 3 is 2.65 bits per heavy atom. The molecule has 3 rings (SSSR count). The fourth-order valence-electron chi connectivity index (χ4n) is 2.36. The fourth-order valence-corrected chi connectivity index (χ4v) is 2.36. The summed E-state index contributed by atoms with van der Waals surface area (Å²) >= 11 is 0. The first kappa shape index (κ1) is 17.6. The van der Waals surface area contributed by atoms with Crippen molar-refractivity contribution in [2.24, 2.45) is 0 Å². The third-order valence-electron chi connectivity index (χ3n) is 3.74. The Morgan fingerprint density at radius 1 is 1.08 bits per heavy atom. The van der Waals surface area contributed by atoms with Gasteiger partial charge in [-0.25, -0.2) is 9.48 Å². The monoisotopic (exact) mass is 352 g/mol. The topological polar surface area (TPSA) is 79.1 Å². The number of nitrogens with zero attached hydrogens (tertiary/aromatic N) is 4. The van der Waals surface area contributed by atoms with E-state index in [0.29, 0.717) is 29.4 Å². The molecule has 0 N–H and O–H groups in total. The van der Waals surface area contributed by atoms with Crippen molar-refractivity contribution in [3.8, 4) is 11.5 Å². The minimum Gasteiger partial charge on any atom is -0.456 e. The molecule has 0 fully saturated rings. The van der Waals surface area contributed by atoms with Crippen LogP contribution in [0.25, 0.3) is 0 Å². The third kappa shape index (κ3) is 4.44. The molecule has 3 aromatic rings. The molecule has 7 heteroatoms. The molecule has 7 nitrogen and oxygen atoms in total. The Kier molecular flexibility index (Phi) is 5.92. The second-order valence-electron chi connectivity index (χ2n) is 5.66. The average molecular weight is 352 g/mol. The van der Waals surface area contributed by atoms with Gasteiger partial charge in [0.2, 0.25) is 0 Å². The van der Waals surface area contributed by atoms with Crippen molar-refractivity contribution in [1.29, 1.82) is 0 Å². The molecule has 0 bridgehead atoms. The predicted octanol–water partition coefficient (Wildman–Crippen LogP) is 3.62. The summed E-state index contributed by atoms with van der Waals surface area (Å²) in [7, 11) is 0. The van der Waals surface area contributed by atoms with Gasteiger partial charge in [0.1, 0.15) is 17.1 Å². The largest absolute Gasteiger partial charge is 0.456 e. The van der Waals surface area contributed by atoms with E-state index in [1.165, 1.54) is 0 Å². The summed E-state index contributed by atoms with van der Waals surface area (Å²) < 4.78 is 12.8. The van der Waals surface area contributed by atoms with Crippen LogP contribution in [0.15, 0.2) is 54.6 Å². The minimum atomic E-state index is -0.485. The maximum absolute atomic E-state index is 12.5. The van der Waals surface area contributed by atoms with Gasteiger partial charge in [0, 0.05) is 6.54 Å². The van der Waals surface area contributed by atoms with Crippen LogP contribution in [0.3, 0.4) is 0 Å². The SMILES string of the molecule is CCCCn1nnnc1COC(=O)c1ccccc1Oc1ccccc1. The number of aryl methyl sites for hydroxylation is 1. The molecule has 0 aliphatic carbocycles. The van der Waals surface area contributed by atoms with E-state index >= 15 is 0 Å². The maximum Gasteiger partial charge on any atom is 0.342 e. The molecule has 1 aromatic heterocycles. The van der Waals surface area contributed by atoms with E-state index in [-0.39, 0.29) is 6.61 Å². The zero-order valence-electron chi connectivity index (χ0n) is 14.5. The number of aromatic nitrogens is 4. The molecule has 0 saturated heterocycles. The third-order valence-corrected chi connectivity index (χ3v) is 3.74. The normalized spacial score (nSPS) is 10.5. The Hall–Kier alpha value is -3.22. The number of hydrogen-bond acceptors (Lipinski definition) is 6. The van der Waals surface area contributed by atoms with Crippen LogP contribution >= 0.6 is 0 Å². The molecule has 0 saturated carbocycles. The summed E-state index contributed by atoms with van der Waals surface area (Å²) in [5, 5.41) is 11.5. The Balaban J connectivity index is 1.68. The lowest BCUT2D eigenvalue weighted by molar-refractivity contribution is 0.0453. The van der Waals surface area contributed by atoms with Gasteiger partial charge in [0.05, 0.1) is 0 Å². The van der Waals surface area contributed by atoms with E-state index in [9.17, 15) is 4.79 Å². The van der Waals surface area contributed by atoms with Crippen LogP contribution in [0.4, 0.5) is 0 Å². The number of rotatable bonds is 8. The van der Waals surface area contributed by atoms with E-state index in [1.54, 1.807) is 28.9 Å². The van der Waals surface area contributed by atoms with Gasteiger partial charge < -0.3 is 9.47 Å². The smallest absolute Gasteiger partial charge is 0.342 e. The van der Waals surface area contributed by atoms with Crippen molar-refractivity contribution in [3.05, 3.63) is 66.0 Å². The van der Waals surface area contributed by atoms with E-state index in [1.807, 2.05) is 30.3 Å². The quantitative estimate of drug-likeness (QED) is 0.576. The van der Waals surface area contributed by atoms with Crippen LogP contribution < -0.4 is 4.74 Å². The number of esters is 1. The molecule has 26 heavy (non-hydrogen) atoms. The van der Waals surface area contributed by atoms with Crippen molar-refractivity contribution < 1.29 is 14.3 Å². The number of carbonyl (C=O) groups excluding carboxylic acids is 1. The average Bonchev–Trinajstić information content (AvgIpc) is 3.13. The first-order chi connectivity index (χ1) is 12.8. The van der Waals surface area contributed by atoms with Crippen molar-refractivity contribution in [3.63, 3.8) is 0 Å². The van der Waals surface area contributed by atoms with Crippen molar-refractivity contribution in [2.45, 2.75) is 32.9 Å². The highest BCUT2D eigenvalue weighted by Gasteiger charge is 2.16. The van der Waals surface area contributed by atoms with E-state index in [2.05, 4.69) is 22.4 Å². The highest BCUT2D eigenvalue weighted by molar-refractivity contribution is 5.92. The van der Waals surface area contributed by atoms with E-state index in [0.717, 1.165) is 12.8 Å². The number of benzene rings is 2. The number of ether oxygens (including phenoxy) is 2. The van der Waals surface area contributed by atoms with Gasteiger partial charge in [0.15, 0.2) is 12.4 Å². The first-order valence-corrected chi connectivity index (χ1v) is 8.52. The molecule has 0 unspecified atom stereocenters. The fraction of sp³-hybridized carbons (Fsp3) is 0.263. The standard InChI is InChI=1S/C19H20N4O3/c1-2-3-13-23-18(20-21-22-23)14-25-19(24)16-11-7-8-12-17(16)26-15-9-5-4-6-10-15/h4-12H,2-3,13-14H2,1H3. The maximum atomic E-state index is 12.5. The molecule has 0 aliphatic rings. The first-order valence-electron chi connectivity index (χ1n) is 8.52. The zero-order chi connectivity index (χ0) is 18.2. The minimum absolute atomic E-state index is 0.00915. The Bertz CT molecular complexity index is 849. The molecule has 0 atom stereocenters. The second kappa shape index (κ2) is 8.75. The van der Waals surface area contributed by atoms with Crippen LogP contribution in [-0.2, 0) is 17.9 Å². The Morgan fingerprint density at radius 2 is 1.85 bits per heavy atom. The van der Waals surface area contributed by atoms with Gasteiger partial charge in [-0.1, -0.05) is 43.7 Å². The van der Waals surface area contributed by atoms with Crippen LogP contribution in [0.5, 0.6) is 11.5 Å². The van der Waals surface area contributed by atoms with Crippen molar-refractivity contribution in [2.75, 3.05) is 0 Å². The van der Waals surface area contributed by atoms with Crippen molar-refractivity contribution >= 4 is 5.97 Å². The summed E-state index contributed by atoms with van der Waals surface area (Å²) in [5.41, 5.74) is 0.351. The molecule has 0 aliphatic heterocycles. The lowest BCUT2D eigenvalue weighted by atomic mass is 10.2. The number of hydrogen-bond donors (Lipinski definition) is 0. The van der Waals surface area contributed by atoms with E-state index < -0.39 is 5.97 Å². The predicted molar refractivity (Wildman–Crippen MR) is 94.8 cm³/mol. The van der Waals surface area contributed by atoms with Gasteiger partial charge in [-0.3, -0.25) is 0 Å². The lowest BCUT2D eigenvalue weighted by Gasteiger charge is -2.11. The lowest BCUT2D eigenvalue weighted by Crippen LogP contribution is -2.12. The molecular weight excluding hydrogens is 332 g/mol.